The number of ether oxygens (including phenoxy) is 1. The quantitative estimate of drug-likeness (QED) is 0.844. The minimum atomic E-state index is -0.595. The molecule has 0 aliphatic carbocycles. The lowest BCUT2D eigenvalue weighted by Gasteiger charge is -2.43. The SMILES string of the molecule is CC(=O)c1cccc(OC(C)C(=O)N2CCC(N)C(C)(C)C2)c1.Cl. The van der Waals surface area contributed by atoms with Gasteiger partial charge in [-0.25, -0.2) is 0 Å². The second-order valence-electron chi connectivity index (χ2n) is 6.99. The minimum absolute atomic E-state index is 0. The van der Waals surface area contributed by atoms with Crippen LogP contribution < -0.4 is 10.5 Å². The van der Waals surface area contributed by atoms with E-state index in [0.29, 0.717) is 24.4 Å². The third-order valence-electron chi connectivity index (χ3n) is 4.53. The Kier molecular flexibility index (Phi) is 6.81. The lowest BCUT2D eigenvalue weighted by atomic mass is 9.79. The fourth-order valence-corrected chi connectivity index (χ4v) is 2.86. The van der Waals surface area contributed by atoms with Gasteiger partial charge in [0.05, 0.1) is 0 Å². The van der Waals surface area contributed by atoms with E-state index in [4.69, 9.17) is 10.5 Å². The van der Waals surface area contributed by atoms with Crippen molar-refractivity contribution in [1.29, 1.82) is 0 Å². The van der Waals surface area contributed by atoms with Gasteiger partial charge in [-0.1, -0.05) is 26.0 Å². The van der Waals surface area contributed by atoms with Crippen LogP contribution >= 0.6 is 12.4 Å². The summed E-state index contributed by atoms with van der Waals surface area (Å²) in [5, 5.41) is 0. The van der Waals surface area contributed by atoms with E-state index in [-0.39, 0.29) is 35.6 Å². The van der Waals surface area contributed by atoms with Crippen molar-refractivity contribution in [3.05, 3.63) is 29.8 Å². The van der Waals surface area contributed by atoms with Crippen molar-refractivity contribution in [2.24, 2.45) is 11.1 Å². The topological polar surface area (TPSA) is 72.6 Å². The number of halogens is 1. The second-order valence-corrected chi connectivity index (χ2v) is 6.99. The number of nitrogens with two attached hydrogens (primary N) is 1. The number of piperidine rings is 1. The van der Waals surface area contributed by atoms with Crippen molar-refractivity contribution in [1.82, 2.24) is 4.90 Å². The van der Waals surface area contributed by atoms with E-state index in [9.17, 15) is 9.59 Å². The number of hydrogen-bond acceptors (Lipinski definition) is 4. The van der Waals surface area contributed by atoms with Crippen LogP contribution in [0.1, 0.15) is 44.5 Å². The Bertz CT molecular complexity index is 604. The van der Waals surface area contributed by atoms with Gasteiger partial charge in [0.1, 0.15) is 5.75 Å². The summed E-state index contributed by atoms with van der Waals surface area (Å²) in [6.07, 6.45) is 0.202. The van der Waals surface area contributed by atoms with Gasteiger partial charge in [0.15, 0.2) is 11.9 Å². The Morgan fingerprint density at radius 1 is 1.38 bits per heavy atom. The van der Waals surface area contributed by atoms with Crippen LogP contribution in [0.15, 0.2) is 24.3 Å². The fourth-order valence-electron chi connectivity index (χ4n) is 2.86. The Labute approximate surface area is 149 Å². The van der Waals surface area contributed by atoms with Crippen LogP contribution in [0.2, 0.25) is 0 Å². The maximum absolute atomic E-state index is 12.6. The van der Waals surface area contributed by atoms with E-state index in [2.05, 4.69) is 13.8 Å². The number of carbonyl (C=O) groups is 2. The zero-order chi connectivity index (χ0) is 17.2. The molecule has 1 saturated heterocycles. The normalized spacial score (nSPS) is 20.7. The molecule has 1 aromatic rings. The molecule has 1 aromatic carbocycles. The predicted octanol–water partition coefficient (Wildman–Crippen LogP) is 2.66. The second kappa shape index (κ2) is 7.99. The summed E-state index contributed by atoms with van der Waals surface area (Å²) < 4.78 is 5.74. The maximum atomic E-state index is 12.6. The number of rotatable bonds is 4. The first-order valence-electron chi connectivity index (χ1n) is 8.03. The molecular formula is C18H27ClN2O3. The summed E-state index contributed by atoms with van der Waals surface area (Å²) in [6, 6.07) is 7.02. The fraction of sp³-hybridized carbons (Fsp3) is 0.556. The molecule has 134 valence electrons. The highest BCUT2D eigenvalue weighted by molar-refractivity contribution is 5.94. The van der Waals surface area contributed by atoms with Crippen LogP contribution in [0.25, 0.3) is 0 Å². The molecule has 2 N–H and O–H groups in total. The highest BCUT2D eigenvalue weighted by Crippen LogP contribution is 2.28. The zero-order valence-electron chi connectivity index (χ0n) is 14.7. The third kappa shape index (κ3) is 4.71. The molecule has 24 heavy (non-hydrogen) atoms. The molecule has 0 radical (unpaired) electrons. The van der Waals surface area contributed by atoms with Gasteiger partial charge >= 0.3 is 0 Å². The summed E-state index contributed by atoms with van der Waals surface area (Å²) >= 11 is 0. The van der Waals surface area contributed by atoms with E-state index in [1.807, 2.05) is 4.90 Å². The molecule has 1 amide bonds. The summed E-state index contributed by atoms with van der Waals surface area (Å²) in [5.74, 6) is 0.464. The molecule has 1 heterocycles. The zero-order valence-corrected chi connectivity index (χ0v) is 15.6. The van der Waals surface area contributed by atoms with Crippen molar-refractivity contribution in [3.8, 4) is 5.75 Å². The molecule has 0 saturated carbocycles. The van der Waals surface area contributed by atoms with E-state index in [1.54, 1.807) is 31.2 Å². The minimum Gasteiger partial charge on any atom is -0.481 e. The van der Waals surface area contributed by atoms with E-state index in [1.165, 1.54) is 6.92 Å². The smallest absolute Gasteiger partial charge is 0.263 e. The highest BCUT2D eigenvalue weighted by Gasteiger charge is 2.36. The molecule has 1 aliphatic heterocycles. The molecule has 1 aliphatic rings. The first-order chi connectivity index (χ1) is 10.7. The number of ketones is 1. The summed E-state index contributed by atoms with van der Waals surface area (Å²) in [4.78, 5) is 25.9. The van der Waals surface area contributed by atoms with Crippen LogP contribution in [-0.2, 0) is 4.79 Å². The average molecular weight is 355 g/mol. The van der Waals surface area contributed by atoms with Crippen LogP contribution in [-0.4, -0.2) is 41.8 Å². The number of carbonyl (C=O) groups excluding carboxylic acids is 2. The summed E-state index contributed by atoms with van der Waals surface area (Å²) in [7, 11) is 0. The Morgan fingerprint density at radius 2 is 2.04 bits per heavy atom. The first kappa shape index (κ1) is 20.5. The molecule has 0 spiro atoms. The summed E-state index contributed by atoms with van der Waals surface area (Å²) in [6.45, 7) is 8.70. The van der Waals surface area contributed by atoms with Crippen molar-refractivity contribution in [2.45, 2.75) is 46.3 Å². The summed E-state index contributed by atoms with van der Waals surface area (Å²) in [5.41, 5.74) is 6.60. The molecule has 5 nitrogen and oxygen atoms in total. The lowest BCUT2D eigenvalue weighted by Crippen LogP contribution is -2.56. The number of nitrogens with zero attached hydrogens (tertiary/aromatic N) is 1. The third-order valence-corrected chi connectivity index (χ3v) is 4.53. The molecule has 1 fully saturated rings. The number of amides is 1. The molecule has 0 bridgehead atoms. The van der Waals surface area contributed by atoms with Crippen LogP contribution in [0.5, 0.6) is 5.75 Å². The van der Waals surface area contributed by atoms with E-state index in [0.717, 1.165) is 6.42 Å². The van der Waals surface area contributed by atoms with Gasteiger partial charge in [0.25, 0.3) is 5.91 Å². The predicted molar refractivity (Wildman–Crippen MR) is 96.7 cm³/mol. The van der Waals surface area contributed by atoms with Crippen LogP contribution in [0, 0.1) is 5.41 Å². The molecule has 2 atom stereocenters. The van der Waals surface area contributed by atoms with Gasteiger partial charge in [0, 0.05) is 24.7 Å². The number of benzene rings is 1. The average Bonchev–Trinajstić information content (AvgIpc) is 2.49. The van der Waals surface area contributed by atoms with Crippen molar-refractivity contribution in [2.75, 3.05) is 13.1 Å². The Balaban J connectivity index is 0.00000288. The van der Waals surface area contributed by atoms with E-state index >= 15 is 0 Å². The monoisotopic (exact) mass is 354 g/mol. The van der Waals surface area contributed by atoms with Gasteiger partial charge < -0.3 is 15.4 Å². The van der Waals surface area contributed by atoms with Crippen LogP contribution in [0.4, 0.5) is 0 Å². The van der Waals surface area contributed by atoms with Gasteiger partial charge in [-0.3, -0.25) is 9.59 Å². The number of likely N-dealkylation sites (tertiary alicyclic amines) is 1. The molecular weight excluding hydrogens is 328 g/mol. The largest absolute Gasteiger partial charge is 0.481 e. The van der Waals surface area contributed by atoms with Crippen molar-refractivity contribution >= 4 is 24.1 Å². The maximum Gasteiger partial charge on any atom is 0.263 e. The Hall–Kier alpha value is -1.59. The van der Waals surface area contributed by atoms with Gasteiger partial charge in [-0.05, 0) is 37.8 Å². The van der Waals surface area contributed by atoms with Crippen molar-refractivity contribution < 1.29 is 14.3 Å². The molecule has 0 aromatic heterocycles. The van der Waals surface area contributed by atoms with Crippen LogP contribution in [0.3, 0.4) is 0 Å². The number of Topliss-reactive ketones (excluding diaryl/α,β-unsaturated/α-hetero) is 1. The number of hydrogen-bond donors (Lipinski definition) is 1. The standard InChI is InChI=1S/C18H26N2O3.ClH/c1-12(21)14-6-5-7-15(10-14)23-13(2)17(22)20-9-8-16(19)18(3,4)11-20;/h5-7,10,13,16H,8-9,11,19H2,1-4H3;1H. The molecule has 2 rings (SSSR count). The van der Waals surface area contributed by atoms with Gasteiger partial charge in [-0.2, -0.15) is 0 Å². The first-order valence-corrected chi connectivity index (χ1v) is 8.03. The highest BCUT2D eigenvalue weighted by atomic mass is 35.5. The van der Waals surface area contributed by atoms with Gasteiger partial charge in [0.2, 0.25) is 0 Å². The van der Waals surface area contributed by atoms with E-state index < -0.39 is 6.10 Å². The molecule has 2 unspecified atom stereocenters. The lowest BCUT2D eigenvalue weighted by molar-refractivity contribution is -0.141. The van der Waals surface area contributed by atoms with Gasteiger partial charge in [-0.15, -0.1) is 12.4 Å². The molecule has 6 heteroatoms. The van der Waals surface area contributed by atoms with Crippen molar-refractivity contribution in [3.63, 3.8) is 0 Å². The Morgan fingerprint density at radius 3 is 2.62 bits per heavy atom.